The third-order valence-corrected chi connectivity index (χ3v) is 3.52. The van der Waals surface area contributed by atoms with Gasteiger partial charge in [-0.1, -0.05) is 5.16 Å². The summed E-state index contributed by atoms with van der Waals surface area (Å²) in [5.41, 5.74) is 2.67. The maximum Gasteiger partial charge on any atom is 0.305 e. The van der Waals surface area contributed by atoms with E-state index < -0.39 is 0 Å². The van der Waals surface area contributed by atoms with E-state index in [0.29, 0.717) is 12.8 Å². The van der Waals surface area contributed by atoms with Crippen LogP contribution in [0.2, 0.25) is 0 Å². The highest BCUT2D eigenvalue weighted by molar-refractivity contribution is 7.13. The van der Waals surface area contributed by atoms with Crippen molar-refractivity contribution in [2.24, 2.45) is 0 Å². The maximum atomic E-state index is 11.1. The van der Waals surface area contributed by atoms with Gasteiger partial charge < -0.3 is 9.26 Å². The summed E-state index contributed by atoms with van der Waals surface area (Å²) in [4.78, 5) is 15.5. The van der Waals surface area contributed by atoms with Gasteiger partial charge in [0.25, 0.3) is 0 Å². The van der Waals surface area contributed by atoms with Crippen molar-refractivity contribution in [2.75, 3.05) is 7.11 Å². The molecule has 2 aromatic rings. The Labute approximate surface area is 109 Å². The predicted octanol–water partition coefficient (Wildman–Crippen LogP) is 2.52. The van der Waals surface area contributed by atoms with Crippen LogP contribution in [0.25, 0.3) is 10.6 Å². The first-order valence-corrected chi connectivity index (χ1v) is 6.44. The first kappa shape index (κ1) is 12.8. The molecular weight excluding hydrogens is 252 g/mol. The zero-order valence-electron chi connectivity index (χ0n) is 10.5. The van der Waals surface area contributed by atoms with Gasteiger partial charge in [-0.3, -0.25) is 4.79 Å². The normalized spacial score (nSPS) is 10.6. The number of hydrogen-bond acceptors (Lipinski definition) is 6. The third kappa shape index (κ3) is 2.59. The fourth-order valence-electron chi connectivity index (χ4n) is 1.66. The zero-order chi connectivity index (χ0) is 13.1. The molecule has 2 rings (SSSR count). The van der Waals surface area contributed by atoms with Crippen LogP contribution < -0.4 is 0 Å². The molecule has 0 radical (unpaired) electrons. The van der Waals surface area contributed by atoms with E-state index in [1.807, 2.05) is 19.2 Å². The SMILES string of the molecule is COC(=O)CCc1csc(-c2c(C)noc2C)n1. The first-order valence-electron chi connectivity index (χ1n) is 5.56. The molecule has 0 aliphatic rings. The van der Waals surface area contributed by atoms with E-state index >= 15 is 0 Å². The van der Waals surface area contributed by atoms with Crippen molar-refractivity contribution < 1.29 is 14.1 Å². The molecular formula is C12H14N2O3S. The summed E-state index contributed by atoms with van der Waals surface area (Å²) in [5, 5.41) is 6.74. The summed E-state index contributed by atoms with van der Waals surface area (Å²) in [5.74, 6) is 0.545. The standard InChI is InChI=1S/C12H14N2O3S/c1-7-11(8(2)17-14-7)12-13-9(6-18-12)4-5-10(15)16-3/h6H,4-5H2,1-3H3. The van der Waals surface area contributed by atoms with Gasteiger partial charge in [0.05, 0.1) is 30.5 Å². The second kappa shape index (κ2) is 5.30. The van der Waals surface area contributed by atoms with E-state index in [0.717, 1.165) is 27.7 Å². The molecule has 0 aliphatic heterocycles. The molecule has 2 heterocycles. The van der Waals surface area contributed by atoms with E-state index in [4.69, 9.17) is 4.52 Å². The average molecular weight is 266 g/mol. The van der Waals surface area contributed by atoms with Gasteiger partial charge in [-0.05, 0) is 13.8 Å². The molecule has 0 unspecified atom stereocenters. The summed E-state index contributed by atoms with van der Waals surface area (Å²) in [7, 11) is 1.39. The summed E-state index contributed by atoms with van der Waals surface area (Å²) in [6.45, 7) is 3.76. The lowest BCUT2D eigenvalue weighted by molar-refractivity contribution is -0.140. The van der Waals surface area contributed by atoms with Gasteiger partial charge in [-0.15, -0.1) is 11.3 Å². The maximum absolute atomic E-state index is 11.1. The van der Waals surface area contributed by atoms with E-state index in [1.54, 1.807) is 0 Å². The van der Waals surface area contributed by atoms with Crippen molar-refractivity contribution in [3.8, 4) is 10.6 Å². The van der Waals surface area contributed by atoms with Crippen LogP contribution in [0.15, 0.2) is 9.90 Å². The number of carbonyl (C=O) groups is 1. The lowest BCUT2D eigenvalue weighted by atomic mass is 10.2. The predicted molar refractivity (Wildman–Crippen MR) is 67.4 cm³/mol. The van der Waals surface area contributed by atoms with Crippen molar-refractivity contribution in [2.45, 2.75) is 26.7 Å². The molecule has 0 bridgehead atoms. The van der Waals surface area contributed by atoms with E-state index in [2.05, 4.69) is 14.9 Å². The number of hydrogen-bond donors (Lipinski definition) is 0. The number of rotatable bonds is 4. The van der Waals surface area contributed by atoms with Gasteiger partial charge in [0.1, 0.15) is 10.8 Å². The average Bonchev–Trinajstić information content (AvgIpc) is 2.93. The molecule has 2 aromatic heterocycles. The second-order valence-corrected chi connectivity index (χ2v) is 4.78. The molecule has 0 spiro atoms. The molecule has 0 aliphatic carbocycles. The molecule has 6 heteroatoms. The number of nitrogens with zero attached hydrogens (tertiary/aromatic N) is 2. The summed E-state index contributed by atoms with van der Waals surface area (Å²) < 4.78 is 9.72. The fraction of sp³-hybridized carbons (Fsp3) is 0.417. The van der Waals surface area contributed by atoms with Crippen molar-refractivity contribution >= 4 is 17.3 Å². The Morgan fingerprint density at radius 2 is 2.28 bits per heavy atom. The molecule has 0 saturated heterocycles. The minimum Gasteiger partial charge on any atom is -0.469 e. The smallest absolute Gasteiger partial charge is 0.305 e. The molecule has 0 amide bonds. The summed E-state index contributed by atoms with van der Waals surface area (Å²) in [6.07, 6.45) is 0.938. The minimum atomic E-state index is -0.220. The molecule has 0 atom stereocenters. The Morgan fingerprint density at radius 3 is 2.89 bits per heavy atom. The Bertz CT molecular complexity index is 540. The molecule has 0 N–H and O–H groups in total. The zero-order valence-corrected chi connectivity index (χ0v) is 11.3. The fourth-order valence-corrected chi connectivity index (χ4v) is 2.65. The van der Waals surface area contributed by atoms with Gasteiger partial charge >= 0.3 is 5.97 Å². The monoisotopic (exact) mass is 266 g/mol. The van der Waals surface area contributed by atoms with Crippen molar-refractivity contribution in [1.82, 2.24) is 10.1 Å². The van der Waals surface area contributed by atoms with Crippen molar-refractivity contribution in [3.05, 3.63) is 22.5 Å². The Hall–Kier alpha value is -1.69. The van der Waals surface area contributed by atoms with Crippen LogP contribution in [-0.2, 0) is 16.0 Å². The summed E-state index contributed by atoms with van der Waals surface area (Å²) >= 11 is 1.53. The lowest BCUT2D eigenvalue weighted by Crippen LogP contribution is -2.01. The number of ether oxygens (including phenoxy) is 1. The number of aromatic nitrogens is 2. The van der Waals surface area contributed by atoms with Crippen LogP contribution in [0.5, 0.6) is 0 Å². The van der Waals surface area contributed by atoms with Gasteiger partial charge in [-0.2, -0.15) is 0 Å². The van der Waals surface area contributed by atoms with Crippen LogP contribution in [-0.4, -0.2) is 23.2 Å². The molecule has 96 valence electrons. The highest BCUT2D eigenvalue weighted by Crippen LogP contribution is 2.29. The molecule has 0 saturated carbocycles. The van der Waals surface area contributed by atoms with E-state index in [1.165, 1.54) is 18.4 Å². The van der Waals surface area contributed by atoms with E-state index in [-0.39, 0.29) is 5.97 Å². The Morgan fingerprint density at radius 1 is 1.50 bits per heavy atom. The van der Waals surface area contributed by atoms with Crippen molar-refractivity contribution in [3.63, 3.8) is 0 Å². The highest BCUT2D eigenvalue weighted by atomic mass is 32.1. The van der Waals surface area contributed by atoms with Gasteiger partial charge in [0.15, 0.2) is 0 Å². The van der Waals surface area contributed by atoms with Crippen LogP contribution in [0.3, 0.4) is 0 Å². The lowest BCUT2D eigenvalue weighted by Gasteiger charge is -1.96. The Balaban J connectivity index is 2.13. The molecule has 0 aromatic carbocycles. The van der Waals surface area contributed by atoms with Gasteiger partial charge in [-0.25, -0.2) is 4.98 Å². The third-order valence-electron chi connectivity index (χ3n) is 2.61. The number of thiazole rings is 1. The molecule has 0 fully saturated rings. The Kier molecular flexibility index (Phi) is 3.76. The number of esters is 1. The number of carbonyl (C=O) groups excluding carboxylic acids is 1. The largest absolute Gasteiger partial charge is 0.469 e. The topological polar surface area (TPSA) is 65.2 Å². The van der Waals surface area contributed by atoms with Gasteiger partial charge in [0, 0.05) is 11.8 Å². The van der Waals surface area contributed by atoms with E-state index in [9.17, 15) is 4.79 Å². The quantitative estimate of drug-likeness (QED) is 0.795. The molecule has 18 heavy (non-hydrogen) atoms. The van der Waals surface area contributed by atoms with Crippen LogP contribution in [0.4, 0.5) is 0 Å². The number of aryl methyl sites for hydroxylation is 3. The number of methoxy groups -OCH3 is 1. The minimum absolute atomic E-state index is 0.220. The summed E-state index contributed by atoms with van der Waals surface area (Å²) in [6, 6.07) is 0. The van der Waals surface area contributed by atoms with Gasteiger partial charge in [0.2, 0.25) is 0 Å². The molecule has 5 nitrogen and oxygen atoms in total. The van der Waals surface area contributed by atoms with Crippen LogP contribution in [0, 0.1) is 13.8 Å². The first-order chi connectivity index (χ1) is 8.61. The van der Waals surface area contributed by atoms with Crippen LogP contribution in [0.1, 0.15) is 23.6 Å². The second-order valence-electron chi connectivity index (χ2n) is 3.92. The van der Waals surface area contributed by atoms with Crippen LogP contribution >= 0.6 is 11.3 Å². The highest BCUT2D eigenvalue weighted by Gasteiger charge is 2.15. The van der Waals surface area contributed by atoms with Crippen molar-refractivity contribution in [1.29, 1.82) is 0 Å².